The van der Waals surface area contributed by atoms with Crippen LogP contribution in [0.1, 0.15) is 64.2 Å². The molecule has 1 atom stereocenters. The lowest BCUT2D eigenvalue weighted by Crippen LogP contribution is -2.36. The first-order valence-electron chi connectivity index (χ1n) is 7.39. The van der Waals surface area contributed by atoms with Crippen molar-refractivity contribution in [2.75, 3.05) is 5.33 Å². The minimum atomic E-state index is -5.45. The third-order valence-corrected chi connectivity index (χ3v) is 4.45. The maximum atomic E-state index is 12.7. The van der Waals surface area contributed by atoms with Crippen molar-refractivity contribution in [3.63, 3.8) is 0 Å². The Morgan fingerprint density at radius 2 is 1.24 bits per heavy atom. The molecule has 0 aromatic rings. The van der Waals surface area contributed by atoms with Gasteiger partial charge in [0.25, 0.3) is 0 Å². The Morgan fingerprint density at radius 3 is 1.71 bits per heavy atom. The van der Waals surface area contributed by atoms with Crippen molar-refractivity contribution in [1.82, 2.24) is 0 Å². The molecule has 0 nitrogen and oxygen atoms in total. The highest BCUT2D eigenvalue weighted by atomic mass is 79.9. The van der Waals surface area contributed by atoms with E-state index in [4.69, 9.17) is 0 Å². The van der Waals surface area contributed by atoms with Crippen LogP contribution < -0.4 is 0 Å². The quantitative estimate of drug-likeness (QED) is 0.159. The molecule has 0 fully saturated rings. The maximum Gasteiger partial charge on any atom is 0.453 e. The molecule has 0 aliphatic carbocycles. The summed E-state index contributed by atoms with van der Waals surface area (Å²) in [7, 11) is 0. The van der Waals surface area contributed by atoms with Crippen molar-refractivity contribution in [2.24, 2.45) is 0 Å². The molecule has 0 aliphatic heterocycles. The van der Waals surface area contributed by atoms with Crippen LogP contribution in [0.3, 0.4) is 0 Å². The van der Waals surface area contributed by atoms with Gasteiger partial charge in [-0.15, -0.1) is 0 Å². The lowest BCUT2D eigenvalue weighted by molar-refractivity contribution is -0.284. The predicted octanol–water partition coefficient (Wildman–Crippen LogP) is 6.78. The van der Waals surface area contributed by atoms with E-state index in [1.165, 1.54) is 19.3 Å². The first kappa shape index (κ1) is 21.5. The van der Waals surface area contributed by atoms with Crippen LogP contribution >= 0.6 is 28.6 Å². The van der Waals surface area contributed by atoms with E-state index in [0.29, 0.717) is 6.42 Å². The second-order valence-corrected chi connectivity index (χ2v) is 6.87. The molecule has 7 heteroatoms. The van der Waals surface area contributed by atoms with E-state index < -0.39 is 18.5 Å². The van der Waals surface area contributed by atoms with Crippen LogP contribution in [0.5, 0.6) is 0 Å². The molecule has 128 valence electrons. The van der Waals surface area contributed by atoms with E-state index in [-0.39, 0.29) is 11.7 Å². The molecule has 0 rings (SSSR count). The van der Waals surface area contributed by atoms with Crippen molar-refractivity contribution >= 4 is 28.6 Å². The van der Waals surface area contributed by atoms with Gasteiger partial charge in [-0.3, -0.25) is 0 Å². The molecule has 0 saturated carbocycles. The van der Waals surface area contributed by atoms with E-state index in [0.717, 1.165) is 31.0 Å². The number of halogens is 6. The molecule has 0 N–H and O–H groups in total. The molecule has 0 heterocycles. The summed E-state index contributed by atoms with van der Waals surface area (Å²) in [5.74, 6) is -4.59. The fourth-order valence-corrected chi connectivity index (χ4v) is 2.70. The molecule has 0 spiro atoms. The third kappa shape index (κ3) is 10.8. The molecule has 1 unspecified atom stereocenters. The Balaban J connectivity index is 3.57. The summed E-state index contributed by atoms with van der Waals surface area (Å²) in [6.07, 6.45) is 1.39. The molecule has 0 saturated heterocycles. The lowest BCUT2D eigenvalue weighted by atomic mass is 10.0. The Kier molecular flexibility index (Phi) is 11.3. The van der Waals surface area contributed by atoms with Gasteiger partial charge in [-0.1, -0.05) is 54.5 Å². The third-order valence-electron chi connectivity index (χ3n) is 3.38. The van der Waals surface area contributed by atoms with Crippen molar-refractivity contribution in [3.8, 4) is 0 Å². The predicted molar refractivity (Wildman–Crippen MR) is 83.7 cm³/mol. The van der Waals surface area contributed by atoms with Crippen molar-refractivity contribution in [1.29, 1.82) is 0 Å². The SMILES string of the molecule is FC(F)(F)C(F)(F)CCC(S)CCCCCCCCCBr. The largest absolute Gasteiger partial charge is 0.453 e. The van der Waals surface area contributed by atoms with E-state index in [2.05, 4.69) is 28.6 Å². The van der Waals surface area contributed by atoms with Gasteiger partial charge in [-0.2, -0.15) is 34.6 Å². The summed E-state index contributed by atoms with van der Waals surface area (Å²) in [5.41, 5.74) is 0. The second kappa shape index (κ2) is 11.1. The molecular formula is C14H24BrF5S. The zero-order valence-corrected chi connectivity index (χ0v) is 14.6. The van der Waals surface area contributed by atoms with Gasteiger partial charge in [0.15, 0.2) is 0 Å². The van der Waals surface area contributed by atoms with Crippen LogP contribution in [0.15, 0.2) is 0 Å². The van der Waals surface area contributed by atoms with Crippen molar-refractivity contribution in [2.45, 2.75) is 81.6 Å². The number of rotatable bonds is 12. The highest BCUT2D eigenvalue weighted by Crippen LogP contribution is 2.39. The van der Waals surface area contributed by atoms with E-state index in [1.807, 2.05) is 0 Å². The van der Waals surface area contributed by atoms with E-state index in [1.54, 1.807) is 0 Å². The average Bonchev–Trinajstić information content (AvgIpc) is 2.38. The fraction of sp³-hybridized carbons (Fsp3) is 1.00. The molecule has 0 bridgehead atoms. The Hall–Kier alpha value is 0.480. The Bertz CT molecular complexity index is 258. The summed E-state index contributed by atoms with van der Waals surface area (Å²) >= 11 is 7.47. The van der Waals surface area contributed by atoms with Crippen molar-refractivity contribution in [3.05, 3.63) is 0 Å². The first-order valence-corrected chi connectivity index (χ1v) is 9.03. The minimum absolute atomic E-state index is 0.207. The second-order valence-electron chi connectivity index (χ2n) is 5.35. The van der Waals surface area contributed by atoms with Gasteiger partial charge in [-0.05, 0) is 19.3 Å². The normalized spacial score (nSPS) is 14.4. The van der Waals surface area contributed by atoms with Crippen LogP contribution in [0.25, 0.3) is 0 Å². The van der Waals surface area contributed by atoms with Gasteiger partial charge in [0.05, 0.1) is 0 Å². The van der Waals surface area contributed by atoms with Crippen LogP contribution in [0, 0.1) is 0 Å². The summed E-state index contributed by atoms with van der Waals surface area (Å²) in [6.45, 7) is 0. The molecule has 0 aliphatic rings. The summed E-state index contributed by atoms with van der Waals surface area (Å²) in [5, 5.41) is 0.642. The van der Waals surface area contributed by atoms with E-state index in [9.17, 15) is 22.0 Å². The minimum Gasteiger partial charge on any atom is -0.196 e. The van der Waals surface area contributed by atoms with Gasteiger partial charge in [0, 0.05) is 17.0 Å². The number of hydrogen-bond acceptors (Lipinski definition) is 1. The summed E-state index contributed by atoms with van der Waals surface area (Å²) in [4.78, 5) is 0. The number of thiol groups is 1. The highest BCUT2D eigenvalue weighted by Gasteiger charge is 2.56. The molecule has 0 aromatic carbocycles. The monoisotopic (exact) mass is 398 g/mol. The van der Waals surface area contributed by atoms with Gasteiger partial charge in [-0.25, -0.2) is 0 Å². The molecule has 0 aromatic heterocycles. The van der Waals surface area contributed by atoms with Crippen LogP contribution in [-0.2, 0) is 0 Å². The smallest absolute Gasteiger partial charge is 0.196 e. The highest BCUT2D eigenvalue weighted by molar-refractivity contribution is 9.09. The topological polar surface area (TPSA) is 0 Å². The molecule has 0 amide bonds. The van der Waals surface area contributed by atoms with Gasteiger partial charge < -0.3 is 0 Å². The van der Waals surface area contributed by atoms with Gasteiger partial charge in [0.2, 0.25) is 0 Å². The molecule has 21 heavy (non-hydrogen) atoms. The number of unbranched alkanes of at least 4 members (excludes halogenated alkanes) is 6. The Labute approximate surface area is 137 Å². The summed E-state index contributed by atoms with van der Waals surface area (Å²) < 4.78 is 61.4. The number of alkyl halides is 6. The van der Waals surface area contributed by atoms with Crippen molar-refractivity contribution < 1.29 is 22.0 Å². The maximum absolute atomic E-state index is 12.7. The first-order chi connectivity index (χ1) is 9.70. The standard InChI is InChI=1S/C14H24BrF5S/c15-11-7-5-3-1-2-4-6-8-12(21)9-10-13(16,17)14(18,19)20/h12,21H,1-11H2. The van der Waals surface area contributed by atoms with Gasteiger partial charge in [0.1, 0.15) is 0 Å². The molecule has 0 radical (unpaired) electrons. The van der Waals surface area contributed by atoms with Crippen LogP contribution in [-0.4, -0.2) is 22.7 Å². The Morgan fingerprint density at radius 1 is 0.762 bits per heavy atom. The van der Waals surface area contributed by atoms with Crippen LogP contribution in [0.2, 0.25) is 0 Å². The van der Waals surface area contributed by atoms with Crippen LogP contribution in [0.4, 0.5) is 22.0 Å². The average molecular weight is 399 g/mol. The van der Waals surface area contributed by atoms with E-state index >= 15 is 0 Å². The van der Waals surface area contributed by atoms with Gasteiger partial charge >= 0.3 is 12.1 Å². The zero-order chi connectivity index (χ0) is 16.4. The zero-order valence-electron chi connectivity index (χ0n) is 12.1. The molecular weight excluding hydrogens is 375 g/mol. The lowest BCUT2D eigenvalue weighted by Gasteiger charge is -2.21. The summed E-state index contributed by atoms with van der Waals surface area (Å²) in [6, 6.07) is 0. The number of hydrogen-bond donors (Lipinski definition) is 1. The fourth-order valence-electron chi connectivity index (χ4n) is 1.99.